The smallest absolute Gasteiger partial charge is 0.252 e. The molecule has 0 unspecified atom stereocenters. The number of benzene rings is 2. The van der Waals surface area contributed by atoms with Gasteiger partial charge in [-0.1, -0.05) is 25.0 Å². The highest BCUT2D eigenvalue weighted by molar-refractivity contribution is 9.10. The van der Waals surface area contributed by atoms with E-state index in [-0.39, 0.29) is 29.8 Å². The number of nitrogens with zero attached hydrogens (tertiary/aromatic N) is 1. The topological polar surface area (TPSA) is 88.7 Å². The Kier molecular flexibility index (Phi) is 5.27. The average Bonchev–Trinajstić information content (AvgIpc) is 3.42. The molecule has 3 aromatic rings. The molecule has 0 radical (unpaired) electrons. The second kappa shape index (κ2) is 7.96. The van der Waals surface area contributed by atoms with Crippen LogP contribution in [0.5, 0.6) is 11.5 Å². The molecule has 0 atom stereocenters. The molecule has 0 amide bonds. The Bertz CT molecular complexity index is 1320. The van der Waals surface area contributed by atoms with E-state index in [1.807, 2.05) is 0 Å². The zero-order valence-corrected chi connectivity index (χ0v) is 19.0. The van der Waals surface area contributed by atoms with Gasteiger partial charge in [0.25, 0.3) is 5.56 Å². The van der Waals surface area contributed by atoms with Gasteiger partial charge in [-0.25, -0.2) is 8.42 Å². The highest BCUT2D eigenvalue weighted by atomic mass is 79.9. The third-order valence-corrected chi connectivity index (χ3v) is 8.81. The van der Waals surface area contributed by atoms with E-state index in [0.717, 1.165) is 31.1 Å². The quantitative estimate of drug-likeness (QED) is 0.563. The normalized spacial score (nSPS) is 16.5. The number of aromatic nitrogens is 1. The van der Waals surface area contributed by atoms with Crippen molar-refractivity contribution < 1.29 is 17.9 Å². The van der Waals surface area contributed by atoms with Crippen LogP contribution in [0.4, 0.5) is 0 Å². The number of ether oxygens (including phenoxy) is 2. The van der Waals surface area contributed by atoms with Gasteiger partial charge in [-0.05, 0) is 53.0 Å². The van der Waals surface area contributed by atoms with Crippen LogP contribution in [-0.4, -0.2) is 30.5 Å². The fourth-order valence-corrected chi connectivity index (χ4v) is 6.94. The zero-order valence-electron chi connectivity index (χ0n) is 16.6. The fourth-order valence-electron chi connectivity index (χ4n) is 4.31. The van der Waals surface area contributed by atoms with E-state index >= 15 is 0 Å². The molecule has 7 nitrogen and oxygen atoms in total. The maximum absolute atomic E-state index is 13.6. The van der Waals surface area contributed by atoms with E-state index < -0.39 is 10.0 Å². The minimum Gasteiger partial charge on any atom is -0.454 e. The van der Waals surface area contributed by atoms with Crippen LogP contribution in [0.3, 0.4) is 0 Å². The second-order valence-corrected chi connectivity index (χ2v) is 10.5. The van der Waals surface area contributed by atoms with E-state index in [1.54, 1.807) is 42.5 Å². The van der Waals surface area contributed by atoms with Crippen molar-refractivity contribution >= 4 is 36.9 Å². The summed E-state index contributed by atoms with van der Waals surface area (Å²) in [6.45, 7) is 0.149. The lowest BCUT2D eigenvalue weighted by Gasteiger charge is -2.28. The van der Waals surface area contributed by atoms with Crippen LogP contribution < -0.4 is 15.0 Å². The molecular weight excluding hydrogens is 484 g/mol. The van der Waals surface area contributed by atoms with Crippen LogP contribution in [0, 0.1) is 0 Å². The summed E-state index contributed by atoms with van der Waals surface area (Å²) >= 11 is 3.37. The third kappa shape index (κ3) is 3.75. The molecule has 1 aliphatic carbocycles. The van der Waals surface area contributed by atoms with Crippen molar-refractivity contribution in [3.8, 4) is 11.5 Å². The molecule has 0 spiro atoms. The summed E-state index contributed by atoms with van der Waals surface area (Å²) in [6, 6.07) is 11.9. The maximum atomic E-state index is 13.6. The Hall–Kier alpha value is -2.36. The number of sulfonamides is 1. The first-order valence-corrected chi connectivity index (χ1v) is 12.4. The Morgan fingerprint density at radius 2 is 1.77 bits per heavy atom. The lowest BCUT2D eigenvalue weighted by atomic mass is 10.1. The van der Waals surface area contributed by atoms with Crippen LogP contribution in [0.1, 0.15) is 31.2 Å². The van der Waals surface area contributed by atoms with E-state index in [4.69, 9.17) is 9.47 Å². The summed E-state index contributed by atoms with van der Waals surface area (Å²) in [7, 11) is -3.80. The van der Waals surface area contributed by atoms with E-state index in [9.17, 15) is 13.2 Å². The van der Waals surface area contributed by atoms with Gasteiger partial charge in [0.05, 0.1) is 10.4 Å². The SMILES string of the molecule is O=c1[nH]c2cc3c(cc2cc1CN(C1CCCC1)S(=O)(=O)c1ccccc1Br)OCO3. The molecule has 5 rings (SSSR count). The fraction of sp³-hybridized carbons (Fsp3) is 0.318. The Morgan fingerprint density at radius 3 is 2.52 bits per heavy atom. The van der Waals surface area contributed by atoms with Crippen LogP contribution in [-0.2, 0) is 16.6 Å². The van der Waals surface area contributed by atoms with E-state index in [0.29, 0.717) is 27.1 Å². The van der Waals surface area contributed by atoms with E-state index in [1.165, 1.54) is 4.31 Å². The largest absolute Gasteiger partial charge is 0.454 e. The van der Waals surface area contributed by atoms with Crippen molar-refractivity contribution in [2.45, 2.75) is 43.2 Å². The average molecular weight is 505 g/mol. The van der Waals surface area contributed by atoms with Gasteiger partial charge in [0.2, 0.25) is 16.8 Å². The first kappa shape index (κ1) is 20.5. The van der Waals surface area contributed by atoms with Gasteiger partial charge in [-0.2, -0.15) is 4.31 Å². The van der Waals surface area contributed by atoms with E-state index in [2.05, 4.69) is 20.9 Å². The standard InChI is InChI=1S/C22H21BrN2O5S/c23-17-7-3-4-8-21(17)31(27,28)25(16-5-1-2-6-16)12-15-9-14-10-19-20(30-13-29-19)11-18(14)24-22(15)26/h3-4,7-11,16H,1-2,5-6,12-13H2,(H,24,26). The molecule has 1 aromatic heterocycles. The van der Waals surface area contributed by atoms with Crippen LogP contribution >= 0.6 is 15.9 Å². The molecular formula is C22H21BrN2O5S. The van der Waals surface area contributed by atoms with Crippen molar-refractivity contribution in [1.29, 1.82) is 0 Å². The highest BCUT2D eigenvalue weighted by Gasteiger charge is 2.35. The summed E-state index contributed by atoms with van der Waals surface area (Å²) < 4.78 is 40.1. The number of hydrogen-bond donors (Lipinski definition) is 1. The molecule has 1 saturated carbocycles. The van der Waals surface area contributed by atoms with Gasteiger partial charge < -0.3 is 14.5 Å². The van der Waals surface area contributed by atoms with Crippen LogP contribution in [0.2, 0.25) is 0 Å². The van der Waals surface area contributed by atoms with Gasteiger partial charge in [-0.3, -0.25) is 4.79 Å². The number of rotatable bonds is 5. The van der Waals surface area contributed by atoms with Crippen molar-refractivity contribution in [2.75, 3.05) is 6.79 Å². The lowest BCUT2D eigenvalue weighted by Crippen LogP contribution is -2.39. The first-order chi connectivity index (χ1) is 14.9. The minimum atomic E-state index is -3.80. The molecule has 31 heavy (non-hydrogen) atoms. The molecule has 162 valence electrons. The molecule has 0 saturated heterocycles. The Balaban J connectivity index is 1.58. The molecule has 1 aliphatic heterocycles. The Labute approximate surface area is 188 Å². The van der Waals surface area contributed by atoms with Gasteiger partial charge in [-0.15, -0.1) is 0 Å². The number of nitrogens with one attached hydrogen (secondary N) is 1. The molecule has 2 aliphatic rings. The summed E-state index contributed by atoms with van der Waals surface area (Å²) in [5.74, 6) is 1.19. The molecule has 1 N–H and O–H groups in total. The number of halogens is 1. The van der Waals surface area contributed by atoms with Crippen molar-refractivity contribution in [3.05, 3.63) is 62.9 Å². The number of hydrogen-bond acceptors (Lipinski definition) is 5. The van der Waals surface area contributed by atoms with Gasteiger partial charge in [0.1, 0.15) is 0 Å². The third-order valence-electron chi connectivity index (χ3n) is 5.90. The van der Waals surface area contributed by atoms with Crippen molar-refractivity contribution in [2.24, 2.45) is 0 Å². The van der Waals surface area contributed by atoms with Crippen LogP contribution in [0.15, 0.2) is 56.6 Å². The number of H-pyrrole nitrogens is 1. The highest BCUT2D eigenvalue weighted by Crippen LogP contribution is 2.36. The van der Waals surface area contributed by atoms with Gasteiger partial charge >= 0.3 is 0 Å². The van der Waals surface area contributed by atoms with Gasteiger partial charge in [0.15, 0.2) is 11.5 Å². The minimum absolute atomic E-state index is 0.00799. The summed E-state index contributed by atoms with van der Waals surface area (Å²) in [5, 5.41) is 0.767. The maximum Gasteiger partial charge on any atom is 0.252 e. The van der Waals surface area contributed by atoms with Crippen molar-refractivity contribution in [3.63, 3.8) is 0 Å². The predicted octanol–water partition coefficient (Wildman–Crippen LogP) is 4.15. The van der Waals surface area contributed by atoms with Crippen molar-refractivity contribution in [1.82, 2.24) is 9.29 Å². The molecule has 2 aromatic carbocycles. The second-order valence-electron chi connectivity index (χ2n) is 7.84. The number of aromatic amines is 1. The predicted molar refractivity (Wildman–Crippen MR) is 120 cm³/mol. The monoisotopic (exact) mass is 504 g/mol. The zero-order chi connectivity index (χ0) is 21.6. The number of pyridine rings is 1. The molecule has 2 heterocycles. The summed E-state index contributed by atoms with van der Waals surface area (Å²) in [5.41, 5.74) is 0.713. The molecule has 0 bridgehead atoms. The first-order valence-electron chi connectivity index (χ1n) is 10.2. The summed E-state index contributed by atoms with van der Waals surface area (Å²) in [6.07, 6.45) is 3.52. The number of fused-ring (bicyclic) bond motifs is 2. The Morgan fingerprint density at radius 1 is 1.06 bits per heavy atom. The summed E-state index contributed by atoms with van der Waals surface area (Å²) in [4.78, 5) is 15.9. The van der Waals surface area contributed by atoms with Crippen LogP contribution in [0.25, 0.3) is 10.9 Å². The van der Waals surface area contributed by atoms with Gasteiger partial charge in [0, 0.05) is 34.1 Å². The lowest BCUT2D eigenvalue weighted by molar-refractivity contribution is 0.174. The molecule has 9 heteroatoms. The molecule has 1 fully saturated rings.